The van der Waals surface area contributed by atoms with Crippen molar-refractivity contribution in [3.8, 4) is 0 Å². The van der Waals surface area contributed by atoms with E-state index in [-0.39, 0.29) is 11.9 Å². The van der Waals surface area contributed by atoms with Crippen LogP contribution >= 0.6 is 11.6 Å². The molecule has 2 aromatic rings. The highest BCUT2D eigenvalue weighted by Crippen LogP contribution is 2.27. The Hall–Kier alpha value is -2.04. The third-order valence-electron chi connectivity index (χ3n) is 5.94. The van der Waals surface area contributed by atoms with E-state index < -0.39 is 0 Å². The first-order valence-corrected chi connectivity index (χ1v) is 10.7. The fourth-order valence-electron chi connectivity index (χ4n) is 4.40. The summed E-state index contributed by atoms with van der Waals surface area (Å²) in [7, 11) is 0. The molecule has 2 aliphatic rings. The smallest absolute Gasteiger partial charge is 0.242 e. The van der Waals surface area contributed by atoms with Crippen LogP contribution in [-0.4, -0.2) is 43.0 Å². The normalized spacial score (nSPS) is 19.5. The van der Waals surface area contributed by atoms with E-state index in [0.717, 1.165) is 44.6 Å². The van der Waals surface area contributed by atoms with Crippen molar-refractivity contribution in [2.24, 2.45) is 0 Å². The SMILES string of the molecule is O=C(NC1CCCC1)C(c1ccc(Cl)cc1)N1CCN(c2ccccc2)CC1. The second kappa shape index (κ2) is 8.97. The molecule has 148 valence electrons. The summed E-state index contributed by atoms with van der Waals surface area (Å²) in [4.78, 5) is 17.9. The van der Waals surface area contributed by atoms with Crippen LogP contribution in [0.3, 0.4) is 0 Å². The predicted molar refractivity (Wildman–Crippen MR) is 115 cm³/mol. The third kappa shape index (κ3) is 4.50. The quantitative estimate of drug-likeness (QED) is 0.818. The van der Waals surface area contributed by atoms with Gasteiger partial charge in [-0.05, 0) is 42.7 Å². The van der Waals surface area contributed by atoms with E-state index in [1.165, 1.54) is 18.5 Å². The lowest BCUT2D eigenvalue weighted by Crippen LogP contribution is -2.52. The van der Waals surface area contributed by atoms with Gasteiger partial charge in [-0.25, -0.2) is 0 Å². The minimum absolute atomic E-state index is 0.127. The highest BCUT2D eigenvalue weighted by atomic mass is 35.5. The minimum Gasteiger partial charge on any atom is -0.369 e. The summed E-state index contributed by atoms with van der Waals surface area (Å²) < 4.78 is 0. The molecule has 1 unspecified atom stereocenters. The maximum atomic E-state index is 13.2. The molecule has 1 aliphatic carbocycles. The van der Waals surface area contributed by atoms with Crippen LogP contribution in [0.15, 0.2) is 54.6 Å². The first kappa shape index (κ1) is 19.3. The summed E-state index contributed by atoms with van der Waals surface area (Å²) in [5.41, 5.74) is 2.27. The molecule has 1 atom stereocenters. The van der Waals surface area contributed by atoms with Crippen molar-refractivity contribution in [2.75, 3.05) is 31.1 Å². The standard InChI is InChI=1S/C23H28ClN3O/c24-19-12-10-18(11-13-19)22(23(28)25-20-6-4-5-7-20)27-16-14-26(15-17-27)21-8-2-1-3-9-21/h1-3,8-13,20,22H,4-7,14-17H2,(H,25,28). The van der Waals surface area contributed by atoms with Gasteiger partial charge in [0, 0.05) is 42.9 Å². The lowest BCUT2D eigenvalue weighted by atomic mass is 10.0. The maximum Gasteiger partial charge on any atom is 0.242 e. The average Bonchev–Trinajstić information content (AvgIpc) is 3.24. The van der Waals surface area contributed by atoms with Gasteiger partial charge in [-0.3, -0.25) is 9.69 Å². The Morgan fingerprint density at radius 3 is 2.21 bits per heavy atom. The summed E-state index contributed by atoms with van der Waals surface area (Å²) in [6.07, 6.45) is 4.63. The summed E-state index contributed by atoms with van der Waals surface area (Å²) in [6.45, 7) is 3.57. The summed E-state index contributed by atoms with van der Waals surface area (Å²) in [5.74, 6) is 0.127. The van der Waals surface area contributed by atoms with E-state index in [0.29, 0.717) is 11.1 Å². The molecule has 1 N–H and O–H groups in total. The molecule has 2 aromatic carbocycles. The van der Waals surface area contributed by atoms with Crippen LogP contribution in [-0.2, 0) is 4.79 Å². The molecule has 2 fully saturated rings. The number of para-hydroxylation sites is 1. The van der Waals surface area contributed by atoms with Gasteiger partial charge >= 0.3 is 0 Å². The van der Waals surface area contributed by atoms with Crippen LogP contribution in [0.1, 0.15) is 37.3 Å². The van der Waals surface area contributed by atoms with Gasteiger partial charge < -0.3 is 10.2 Å². The van der Waals surface area contributed by atoms with Gasteiger partial charge in [0.2, 0.25) is 5.91 Å². The molecule has 28 heavy (non-hydrogen) atoms. The lowest BCUT2D eigenvalue weighted by molar-refractivity contribution is -0.127. The monoisotopic (exact) mass is 397 g/mol. The van der Waals surface area contributed by atoms with E-state index in [9.17, 15) is 4.79 Å². The number of halogens is 1. The van der Waals surface area contributed by atoms with Crippen LogP contribution < -0.4 is 10.2 Å². The molecular formula is C23H28ClN3O. The minimum atomic E-state index is -0.254. The van der Waals surface area contributed by atoms with E-state index in [2.05, 4.69) is 39.4 Å². The van der Waals surface area contributed by atoms with Crippen molar-refractivity contribution in [1.29, 1.82) is 0 Å². The number of amides is 1. The lowest BCUT2D eigenvalue weighted by Gasteiger charge is -2.40. The Labute approximate surface area is 172 Å². The summed E-state index contributed by atoms with van der Waals surface area (Å²) >= 11 is 6.09. The second-order valence-electron chi connectivity index (χ2n) is 7.80. The summed E-state index contributed by atoms with van der Waals surface area (Å²) in [5, 5.41) is 4.01. The van der Waals surface area contributed by atoms with Gasteiger partial charge in [-0.2, -0.15) is 0 Å². The van der Waals surface area contributed by atoms with Gasteiger partial charge in [0.1, 0.15) is 6.04 Å². The number of carbonyl (C=O) groups is 1. The molecule has 1 amide bonds. The largest absolute Gasteiger partial charge is 0.369 e. The number of nitrogens with zero attached hydrogens (tertiary/aromatic N) is 2. The molecule has 1 aliphatic heterocycles. The number of hydrogen-bond donors (Lipinski definition) is 1. The molecule has 4 rings (SSSR count). The molecule has 0 aromatic heterocycles. The Morgan fingerprint density at radius 2 is 1.57 bits per heavy atom. The van der Waals surface area contributed by atoms with Gasteiger partial charge in [0.15, 0.2) is 0 Å². The van der Waals surface area contributed by atoms with Crippen LogP contribution in [0.4, 0.5) is 5.69 Å². The van der Waals surface area contributed by atoms with Gasteiger partial charge in [0.25, 0.3) is 0 Å². The Bertz CT molecular complexity index is 766. The number of hydrogen-bond acceptors (Lipinski definition) is 3. The first-order valence-electron chi connectivity index (χ1n) is 10.3. The second-order valence-corrected chi connectivity index (χ2v) is 8.24. The highest BCUT2D eigenvalue weighted by Gasteiger charge is 2.32. The maximum absolute atomic E-state index is 13.2. The van der Waals surface area contributed by atoms with Crippen LogP contribution in [0.5, 0.6) is 0 Å². The number of carbonyl (C=O) groups excluding carboxylic acids is 1. The van der Waals surface area contributed by atoms with Gasteiger partial charge in [-0.1, -0.05) is 54.8 Å². The fraction of sp³-hybridized carbons (Fsp3) is 0.435. The molecular weight excluding hydrogens is 370 g/mol. The summed E-state index contributed by atoms with van der Waals surface area (Å²) in [6, 6.07) is 18.3. The Balaban J connectivity index is 1.48. The van der Waals surface area contributed by atoms with Crippen molar-refractivity contribution >= 4 is 23.2 Å². The van der Waals surface area contributed by atoms with E-state index in [1.807, 2.05) is 30.3 Å². The van der Waals surface area contributed by atoms with Crippen LogP contribution in [0.2, 0.25) is 5.02 Å². The van der Waals surface area contributed by atoms with Gasteiger partial charge in [0.05, 0.1) is 0 Å². The molecule has 0 bridgehead atoms. The van der Waals surface area contributed by atoms with Crippen LogP contribution in [0.25, 0.3) is 0 Å². The number of piperazine rings is 1. The van der Waals surface area contributed by atoms with Crippen molar-refractivity contribution in [2.45, 2.75) is 37.8 Å². The van der Waals surface area contributed by atoms with Crippen molar-refractivity contribution in [1.82, 2.24) is 10.2 Å². The van der Waals surface area contributed by atoms with Crippen molar-refractivity contribution in [3.05, 3.63) is 65.2 Å². The average molecular weight is 398 g/mol. The third-order valence-corrected chi connectivity index (χ3v) is 6.19. The van der Waals surface area contributed by atoms with Gasteiger partial charge in [-0.15, -0.1) is 0 Å². The number of nitrogens with one attached hydrogen (secondary N) is 1. The molecule has 5 heteroatoms. The highest BCUT2D eigenvalue weighted by molar-refractivity contribution is 6.30. The molecule has 4 nitrogen and oxygen atoms in total. The molecule has 1 saturated carbocycles. The zero-order valence-corrected chi connectivity index (χ0v) is 16.9. The van der Waals surface area contributed by atoms with Crippen molar-refractivity contribution in [3.63, 3.8) is 0 Å². The predicted octanol–water partition coefficient (Wildman–Crippen LogP) is 4.26. The van der Waals surface area contributed by atoms with E-state index >= 15 is 0 Å². The number of benzene rings is 2. The topological polar surface area (TPSA) is 35.6 Å². The van der Waals surface area contributed by atoms with Crippen LogP contribution in [0, 0.1) is 0 Å². The zero-order valence-electron chi connectivity index (χ0n) is 16.2. The first-order chi connectivity index (χ1) is 13.7. The zero-order chi connectivity index (χ0) is 19.3. The number of rotatable bonds is 5. The fourth-order valence-corrected chi connectivity index (χ4v) is 4.53. The molecule has 1 saturated heterocycles. The molecule has 0 spiro atoms. The van der Waals surface area contributed by atoms with E-state index in [1.54, 1.807) is 0 Å². The number of anilines is 1. The Morgan fingerprint density at radius 1 is 0.929 bits per heavy atom. The van der Waals surface area contributed by atoms with E-state index in [4.69, 9.17) is 11.6 Å². The molecule has 1 heterocycles. The molecule has 0 radical (unpaired) electrons. The van der Waals surface area contributed by atoms with Crippen molar-refractivity contribution < 1.29 is 4.79 Å². The Kier molecular flexibility index (Phi) is 6.18.